The van der Waals surface area contributed by atoms with Gasteiger partial charge in [-0.15, -0.1) is 0 Å². The van der Waals surface area contributed by atoms with Crippen LogP contribution in [0.15, 0.2) is 48.5 Å². The average molecular weight is 479 g/mol. The van der Waals surface area contributed by atoms with E-state index in [2.05, 4.69) is 0 Å². The summed E-state index contributed by atoms with van der Waals surface area (Å²) in [6.45, 7) is 1.76. The molecule has 1 fully saturated rings. The lowest BCUT2D eigenvalue weighted by atomic mass is 9.78. The van der Waals surface area contributed by atoms with Gasteiger partial charge in [-0.1, -0.05) is 36.4 Å². The van der Waals surface area contributed by atoms with Gasteiger partial charge in [0.25, 0.3) is 0 Å². The van der Waals surface area contributed by atoms with Crippen LogP contribution >= 0.6 is 0 Å². The van der Waals surface area contributed by atoms with Gasteiger partial charge in [-0.3, -0.25) is 4.79 Å². The van der Waals surface area contributed by atoms with Gasteiger partial charge < -0.3 is 19.5 Å². The van der Waals surface area contributed by atoms with E-state index in [1.54, 1.807) is 31.2 Å². The van der Waals surface area contributed by atoms with Gasteiger partial charge >= 0.3 is 24.2 Å². The monoisotopic (exact) mass is 479 g/mol. The number of nitrogens with zero attached hydrogens (tertiary/aromatic N) is 1. The van der Waals surface area contributed by atoms with Crippen LogP contribution in [0, 0.1) is 5.92 Å². The first-order valence-corrected chi connectivity index (χ1v) is 10.7. The Morgan fingerprint density at radius 2 is 1.79 bits per heavy atom. The minimum absolute atomic E-state index is 0.0167. The first-order chi connectivity index (χ1) is 16.1. The standard InChI is InChI=1S/C24H24F3NO6/c1-2-33-22(31)18-10-11-28(23(32)34-14-15-6-4-3-5-7-15)13-20(18)17-9-8-16(24(25,26)27)12-19(17)21(29)30/h3-9,12,18,20H,2,10-11,13-14H2,1H3,(H,29,30)/t18-,20-/m1/s1. The molecule has 1 N–H and O–H groups in total. The largest absolute Gasteiger partial charge is 0.478 e. The minimum Gasteiger partial charge on any atom is -0.478 e. The predicted molar refractivity (Wildman–Crippen MR) is 114 cm³/mol. The van der Waals surface area contributed by atoms with Gasteiger partial charge in [0.15, 0.2) is 0 Å². The molecule has 3 rings (SSSR count). The van der Waals surface area contributed by atoms with Gasteiger partial charge in [0.1, 0.15) is 6.61 Å². The molecule has 2 atom stereocenters. The summed E-state index contributed by atoms with van der Waals surface area (Å²) in [5, 5.41) is 9.61. The number of carbonyl (C=O) groups is 3. The van der Waals surface area contributed by atoms with E-state index in [9.17, 15) is 32.7 Å². The molecule has 1 heterocycles. The summed E-state index contributed by atoms with van der Waals surface area (Å²) in [6.07, 6.45) is -5.26. The van der Waals surface area contributed by atoms with Crippen LogP contribution in [0.25, 0.3) is 0 Å². The number of carboxylic acid groups (broad SMARTS) is 1. The topological polar surface area (TPSA) is 93.1 Å². The van der Waals surface area contributed by atoms with Crippen LogP contribution < -0.4 is 0 Å². The molecule has 2 aromatic carbocycles. The highest BCUT2D eigenvalue weighted by Crippen LogP contribution is 2.38. The predicted octanol–water partition coefficient (Wildman–Crippen LogP) is 4.71. The van der Waals surface area contributed by atoms with Gasteiger partial charge in [0, 0.05) is 19.0 Å². The molecule has 0 aliphatic carbocycles. The molecule has 0 bridgehead atoms. The Labute approximate surface area is 194 Å². The van der Waals surface area contributed by atoms with Crippen molar-refractivity contribution in [3.63, 3.8) is 0 Å². The summed E-state index contributed by atoms with van der Waals surface area (Å²) in [4.78, 5) is 38.4. The SMILES string of the molecule is CCOC(=O)[C@@H]1CCN(C(=O)OCc2ccccc2)C[C@@H]1c1ccc(C(F)(F)F)cc1C(=O)O. The Balaban J connectivity index is 1.89. The molecule has 0 radical (unpaired) electrons. The van der Waals surface area contributed by atoms with E-state index < -0.39 is 47.2 Å². The van der Waals surface area contributed by atoms with E-state index in [1.807, 2.05) is 6.07 Å². The van der Waals surface area contributed by atoms with E-state index in [4.69, 9.17) is 9.47 Å². The second kappa shape index (κ2) is 10.6. The number of piperidine rings is 1. The Hall–Kier alpha value is -3.56. The third-order valence-corrected chi connectivity index (χ3v) is 5.68. The molecule has 2 aromatic rings. The lowest BCUT2D eigenvalue weighted by molar-refractivity contribution is -0.150. The molecule has 1 aliphatic rings. The summed E-state index contributed by atoms with van der Waals surface area (Å²) in [5.74, 6) is -3.87. The number of benzene rings is 2. The Bertz CT molecular complexity index is 1040. The molecule has 0 spiro atoms. The lowest BCUT2D eigenvalue weighted by Gasteiger charge is -2.37. The highest BCUT2D eigenvalue weighted by molar-refractivity contribution is 5.90. The van der Waals surface area contributed by atoms with Crippen molar-refractivity contribution in [1.82, 2.24) is 4.90 Å². The van der Waals surface area contributed by atoms with Gasteiger partial charge in [0.05, 0.1) is 23.7 Å². The molecule has 0 unspecified atom stereocenters. The molecule has 1 saturated heterocycles. The second-order valence-electron chi connectivity index (χ2n) is 7.84. The molecule has 1 aliphatic heterocycles. The minimum atomic E-state index is -4.73. The number of hydrogen-bond acceptors (Lipinski definition) is 5. The molecule has 10 heteroatoms. The zero-order chi connectivity index (χ0) is 24.9. The van der Waals surface area contributed by atoms with Gasteiger partial charge in [-0.25, -0.2) is 9.59 Å². The molecule has 0 aromatic heterocycles. The summed E-state index contributed by atoms with van der Waals surface area (Å²) in [7, 11) is 0. The van der Waals surface area contributed by atoms with Crippen molar-refractivity contribution in [3.05, 3.63) is 70.8 Å². The highest BCUT2D eigenvalue weighted by Gasteiger charge is 2.41. The number of aromatic carboxylic acids is 1. The average Bonchev–Trinajstić information content (AvgIpc) is 2.82. The van der Waals surface area contributed by atoms with E-state index >= 15 is 0 Å². The maximum atomic E-state index is 13.2. The van der Waals surface area contributed by atoms with Gasteiger partial charge in [0.2, 0.25) is 0 Å². The lowest BCUT2D eigenvalue weighted by Crippen LogP contribution is -2.45. The fraction of sp³-hybridized carbons (Fsp3) is 0.375. The zero-order valence-electron chi connectivity index (χ0n) is 18.4. The van der Waals surface area contributed by atoms with Crippen LogP contribution in [0.4, 0.5) is 18.0 Å². The van der Waals surface area contributed by atoms with Crippen LogP contribution in [0.5, 0.6) is 0 Å². The molecule has 34 heavy (non-hydrogen) atoms. The molecule has 7 nitrogen and oxygen atoms in total. The summed E-state index contributed by atoms with van der Waals surface area (Å²) in [6, 6.07) is 11.4. The van der Waals surface area contributed by atoms with Crippen molar-refractivity contribution < 1.29 is 42.1 Å². The van der Waals surface area contributed by atoms with Crippen molar-refractivity contribution >= 4 is 18.0 Å². The van der Waals surface area contributed by atoms with E-state index in [0.717, 1.165) is 17.7 Å². The smallest absolute Gasteiger partial charge is 0.416 e. The normalized spacial score (nSPS) is 18.3. The number of rotatable bonds is 6. The summed E-state index contributed by atoms with van der Waals surface area (Å²) >= 11 is 0. The maximum absolute atomic E-state index is 13.2. The van der Waals surface area contributed by atoms with Crippen molar-refractivity contribution in [2.24, 2.45) is 5.92 Å². The van der Waals surface area contributed by atoms with Crippen LogP contribution in [-0.4, -0.2) is 47.7 Å². The quantitative estimate of drug-likeness (QED) is 0.604. The third kappa shape index (κ3) is 5.86. The number of likely N-dealkylation sites (tertiary alicyclic amines) is 1. The zero-order valence-corrected chi connectivity index (χ0v) is 18.4. The number of hydrogen-bond donors (Lipinski definition) is 1. The van der Waals surface area contributed by atoms with E-state index in [1.165, 1.54) is 4.90 Å². The first-order valence-electron chi connectivity index (χ1n) is 10.7. The van der Waals surface area contributed by atoms with Crippen molar-refractivity contribution in [1.29, 1.82) is 0 Å². The number of alkyl halides is 3. The summed E-state index contributed by atoms with van der Waals surface area (Å²) in [5.41, 5.74) is -0.895. The molecule has 182 valence electrons. The van der Waals surface area contributed by atoms with E-state index in [0.29, 0.717) is 6.07 Å². The number of carboxylic acids is 1. The molecular formula is C24H24F3NO6. The highest BCUT2D eigenvalue weighted by atomic mass is 19.4. The number of carbonyl (C=O) groups excluding carboxylic acids is 2. The maximum Gasteiger partial charge on any atom is 0.416 e. The molecular weight excluding hydrogens is 455 g/mol. The second-order valence-corrected chi connectivity index (χ2v) is 7.84. The Morgan fingerprint density at radius 3 is 2.41 bits per heavy atom. The molecule has 0 saturated carbocycles. The van der Waals surface area contributed by atoms with Gasteiger partial charge in [-0.05, 0) is 36.6 Å². The Kier molecular flexibility index (Phi) is 7.80. The van der Waals surface area contributed by atoms with E-state index in [-0.39, 0.29) is 38.3 Å². The number of esters is 1. The van der Waals surface area contributed by atoms with Crippen LogP contribution in [0.2, 0.25) is 0 Å². The van der Waals surface area contributed by atoms with Crippen LogP contribution in [-0.2, 0) is 27.1 Å². The van der Waals surface area contributed by atoms with Crippen LogP contribution in [0.3, 0.4) is 0 Å². The number of halogens is 3. The fourth-order valence-corrected chi connectivity index (χ4v) is 4.02. The van der Waals surface area contributed by atoms with Gasteiger partial charge in [-0.2, -0.15) is 13.2 Å². The van der Waals surface area contributed by atoms with Crippen molar-refractivity contribution in [3.8, 4) is 0 Å². The first kappa shape index (κ1) is 25.1. The van der Waals surface area contributed by atoms with Crippen molar-refractivity contribution in [2.75, 3.05) is 19.7 Å². The Morgan fingerprint density at radius 1 is 1.09 bits per heavy atom. The van der Waals surface area contributed by atoms with Crippen LogP contribution in [0.1, 0.15) is 46.3 Å². The number of ether oxygens (including phenoxy) is 2. The molecule has 1 amide bonds. The number of amides is 1. The summed E-state index contributed by atoms with van der Waals surface area (Å²) < 4.78 is 50.0. The van der Waals surface area contributed by atoms with Crippen molar-refractivity contribution in [2.45, 2.75) is 32.0 Å². The third-order valence-electron chi connectivity index (χ3n) is 5.68. The fourth-order valence-electron chi connectivity index (χ4n) is 4.02.